The standard InChI is InChI=1S/C16H15Cl2NO5S/c1-22-25(20,21)19-15-14(13-11(17)8-5-9-12(13)18)23-16(24-15)10-6-3-2-4-7-10/h2-9,14-16,19H,1H3/t14-,15-,16?/m1/s1. The lowest BCUT2D eigenvalue weighted by atomic mass is 10.1. The van der Waals surface area contributed by atoms with Gasteiger partial charge in [-0.2, -0.15) is 13.1 Å². The van der Waals surface area contributed by atoms with Crippen LogP contribution in [0.15, 0.2) is 48.5 Å². The predicted octanol–water partition coefficient (Wildman–Crippen LogP) is 3.59. The summed E-state index contributed by atoms with van der Waals surface area (Å²) in [7, 11) is -2.97. The summed E-state index contributed by atoms with van der Waals surface area (Å²) in [6.45, 7) is 0. The first kappa shape index (κ1) is 18.6. The Balaban J connectivity index is 1.97. The summed E-state index contributed by atoms with van der Waals surface area (Å²) < 4.78 is 42.0. The van der Waals surface area contributed by atoms with E-state index < -0.39 is 28.9 Å². The Morgan fingerprint density at radius 2 is 1.64 bits per heavy atom. The molecule has 25 heavy (non-hydrogen) atoms. The molecule has 0 saturated carbocycles. The molecule has 1 fully saturated rings. The molecule has 1 heterocycles. The zero-order valence-corrected chi connectivity index (χ0v) is 15.4. The van der Waals surface area contributed by atoms with Gasteiger partial charge < -0.3 is 9.47 Å². The molecule has 3 atom stereocenters. The summed E-state index contributed by atoms with van der Waals surface area (Å²) in [4.78, 5) is 0. The van der Waals surface area contributed by atoms with Crippen molar-refractivity contribution in [2.75, 3.05) is 7.11 Å². The Morgan fingerprint density at radius 3 is 2.24 bits per heavy atom. The minimum absolute atomic E-state index is 0.344. The van der Waals surface area contributed by atoms with Crippen LogP contribution in [0.5, 0.6) is 0 Å². The largest absolute Gasteiger partial charge is 0.337 e. The molecule has 1 aliphatic heterocycles. The third-order valence-electron chi connectivity index (χ3n) is 3.65. The van der Waals surface area contributed by atoms with E-state index in [9.17, 15) is 8.42 Å². The monoisotopic (exact) mass is 403 g/mol. The molecule has 0 bridgehead atoms. The first-order valence-electron chi connectivity index (χ1n) is 7.29. The van der Waals surface area contributed by atoms with Crippen LogP contribution in [0.1, 0.15) is 23.5 Å². The van der Waals surface area contributed by atoms with Crippen molar-refractivity contribution in [2.45, 2.75) is 18.6 Å². The second-order valence-electron chi connectivity index (χ2n) is 5.23. The van der Waals surface area contributed by atoms with E-state index in [0.717, 1.165) is 12.7 Å². The topological polar surface area (TPSA) is 73.9 Å². The van der Waals surface area contributed by atoms with Gasteiger partial charge in [0.2, 0.25) is 0 Å². The highest BCUT2D eigenvalue weighted by molar-refractivity contribution is 7.84. The van der Waals surface area contributed by atoms with Crippen LogP contribution >= 0.6 is 23.2 Å². The van der Waals surface area contributed by atoms with Gasteiger partial charge in [-0.25, -0.2) is 0 Å². The number of rotatable bonds is 5. The number of hydrogen-bond donors (Lipinski definition) is 1. The Kier molecular flexibility index (Phi) is 5.65. The van der Waals surface area contributed by atoms with Gasteiger partial charge >= 0.3 is 10.3 Å². The van der Waals surface area contributed by atoms with Crippen molar-refractivity contribution in [3.8, 4) is 0 Å². The van der Waals surface area contributed by atoms with Gasteiger partial charge in [0, 0.05) is 21.2 Å². The number of halogens is 2. The molecule has 2 aromatic rings. The molecule has 134 valence electrons. The van der Waals surface area contributed by atoms with Gasteiger partial charge in [-0.15, -0.1) is 0 Å². The Bertz CT molecular complexity index is 827. The predicted molar refractivity (Wildman–Crippen MR) is 93.4 cm³/mol. The van der Waals surface area contributed by atoms with E-state index in [-0.39, 0.29) is 0 Å². The quantitative estimate of drug-likeness (QED) is 0.825. The molecule has 6 nitrogen and oxygen atoms in total. The van der Waals surface area contributed by atoms with Crippen LogP contribution in [0, 0.1) is 0 Å². The van der Waals surface area contributed by atoms with Crippen LogP contribution in [-0.2, 0) is 24.0 Å². The first-order valence-corrected chi connectivity index (χ1v) is 9.45. The Hall–Kier alpha value is -1.19. The van der Waals surface area contributed by atoms with Gasteiger partial charge in [0.25, 0.3) is 0 Å². The maximum Gasteiger partial charge on any atom is 0.337 e. The van der Waals surface area contributed by atoms with E-state index in [1.54, 1.807) is 18.2 Å². The zero-order chi connectivity index (χ0) is 18.0. The maximum absolute atomic E-state index is 11.8. The fraction of sp³-hybridized carbons (Fsp3) is 0.250. The summed E-state index contributed by atoms with van der Waals surface area (Å²) in [6.07, 6.45) is -2.70. The Morgan fingerprint density at radius 1 is 1.00 bits per heavy atom. The molecule has 0 radical (unpaired) electrons. The number of hydrogen-bond acceptors (Lipinski definition) is 5. The molecule has 0 spiro atoms. The molecule has 1 saturated heterocycles. The van der Waals surface area contributed by atoms with Crippen LogP contribution in [-0.4, -0.2) is 21.8 Å². The number of nitrogens with one attached hydrogen (secondary N) is 1. The Labute approximate surface area is 155 Å². The summed E-state index contributed by atoms with van der Waals surface area (Å²) >= 11 is 12.5. The third kappa shape index (κ3) is 4.15. The number of ether oxygens (including phenoxy) is 2. The molecule has 0 aromatic heterocycles. The first-order chi connectivity index (χ1) is 11.9. The van der Waals surface area contributed by atoms with Gasteiger partial charge in [-0.1, -0.05) is 59.6 Å². The minimum Gasteiger partial charge on any atom is -0.336 e. The SMILES string of the molecule is COS(=O)(=O)N[C@@H]1OC(c2ccccc2)O[C@@H]1c1c(Cl)cccc1Cl. The highest BCUT2D eigenvalue weighted by Crippen LogP contribution is 2.43. The molecular formula is C16H15Cl2NO5S. The van der Waals surface area contributed by atoms with Crippen LogP contribution in [0.2, 0.25) is 10.0 Å². The summed E-state index contributed by atoms with van der Waals surface area (Å²) in [5, 5.41) is 0.688. The van der Waals surface area contributed by atoms with Crippen molar-refractivity contribution in [2.24, 2.45) is 0 Å². The molecule has 1 N–H and O–H groups in total. The van der Waals surface area contributed by atoms with Crippen molar-refractivity contribution in [3.05, 3.63) is 69.7 Å². The number of benzene rings is 2. The van der Waals surface area contributed by atoms with E-state index in [0.29, 0.717) is 15.6 Å². The lowest BCUT2D eigenvalue weighted by Gasteiger charge is -2.19. The molecule has 2 aromatic carbocycles. The molecule has 1 aliphatic rings. The highest BCUT2D eigenvalue weighted by atomic mass is 35.5. The minimum atomic E-state index is -4.02. The summed E-state index contributed by atoms with van der Waals surface area (Å²) in [6, 6.07) is 14.1. The molecule has 9 heteroatoms. The average molecular weight is 404 g/mol. The maximum atomic E-state index is 11.8. The lowest BCUT2D eigenvalue weighted by Crippen LogP contribution is -2.38. The van der Waals surface area contributed by atoms with Gasteiger partial charge in [0.1, 0.15) is 6.10 Å². The van der Waals surface area contributed by atoms with E-state index >= 15 is 0 Å². The normalized spacial score (nSPS) is 23.7. The fourth-order valence-corrected chi connectivity index (χ4v) is 3.66. The lowest BCUT2D eigenvalue weighted by molar-refractivity contribution is -0.0704. The van der Waals surface area contributed by atoms with Gasteiger partial charge in [0.05, 0.1) is 7.11 Å². The molecule has 0 aliphatic carbocycles. The van der Waals surface area contributed by atoms with Crippen LogP contribution in [0.4, 0.5) is 0 Å². The van der Waals surface area contributed by atoms with Crippen molar-refractivity contribution in [1.82, 2.24) is 4.72 Å². The molecule has 1 unspecified atom stereocenters. The van der Waals surface area contributed by atoms with Crippen molar-refractivity contribution in [1.29, 1.82) is 0 Å². The van der Waals surface area contributed by atoms with Crippen LogP contribution in [0.25, 0.3) is 0 Å². The second kappa shape index (κ2) is 7.59. The van der Waals surface area contributed by atoms with Gasteiger partial charge in [0.15, 0.2) is 12.5 Å². The van der Waals surface area contributed by atoms with E-state index in [2.05, 4.69) is 8.91 Å². The molecule has 3 rings (SSSR count). The van der Waals surface area contributed by atoms with E-state index in [1.165, 1.54) is 0 Å². The summed E-state index contributed by atoms with van der Waals surface area (Å²) in [5.41, 5.74) is 1.17. The zero-order valence-electron chi connectivity index (χ0n) is 13.1. The fourth-order valence-electron chi connectivity index (χ4n) is 2.49. The van der Waals surface area contributed by atoms with Crippen molar-refractivity contribution >= 4 is 33.5 Å². The van der Waals surface area contributed by atoms with E-state index in [4.69, 9.17) is 32.7 Å². The summed E-state index contributed by atoms with van der Waals surface area (Å²) in [5.74, 6) is 0. The van der Waals surface area contributed by atoms with Crippen LogP contribution in [0.3, 0.4) is 0 Å². The van der Waals surface area contributed by atoms with Crippen molar-refractivity contribution < 1.29 is 22.1 Å². The second-order valence-corrected chi connectivity index (χ2v) is 7.52. The molecular weight excluding hydrogens is 389 g/mol. The van der Waals surface area contributed by atoms with Gasteiger partial charge in [-0.3, -0.25) is 4.18 Å². The van der Waals surface area contributed by atoms with E-state index in [1.807, 2.05) is 30.3 Å². The third-order valence-corrected chi connectivity index (χ3v) is 5.27. The highest BCUT2D eigenvalue weighted by Gasteiger charge is 2.42. The smallest absolute Gasteiger partial charge is 0.336 e. The van der Waals surface area contributed by atoms with Crippen molar-refractivity contribution in [3.63, 3.8) is 0 Å². The van der Waals surface area contributed by atoms with Gasteiger partial charge in [-0.05, 0) is 12.1 Å². The molecule has 0 amide bonds. The van der Waals surface area contributed by atoms with Crippen LogP contribution < -0.4 is 4.72 Å². The average Bonchev–Trinajstić information content (AvgIpc) is 2.98.